The number of aryl methyl sites for hydroxylation is 1. The molecule has 2 aliphatic heterocycles. The zero-order valence-electron chi connectivity index (χ0n) is 12.1. The van der Waals surface area contributed by atoms with E-state index in [9.17, 15) is 14.7 Å². The van der Waals surface area contributed by atoms with Crippen molar-refractivity contribution in [3.63, 3.8) is 0 Å². The van der Waals surface area contributed by atoms with Gasteiger partial charge in [0, 0.05) is 17.8 Å². The largest absolute Gasteiger partial charge is 0.481 e. The number of carboxylic acids is 1. The van der Waals surface area contributed by atoms with E-state index in [1.54, 1.807) is 4.90 Å². The average Bonchev–Trinajstić information content (AvgIpc) is 3.05. The van der Waals surface area contributed by atoms with Crippen LogP contribution in [0.3, 0.4) is 0 Å². The van der Waals surface area contributed by atoms with E-state index in [-0.39, 0.29) is 18.1 Å². The minimum atomic E-state index is -0.784. The maximum absolute atomic E-state index is 12.5. The maximum atomic E-state index is 12.5. The van der Waals surface area contributed by atoms with Gasteiger partial charge in [-0.1, -0.05) is 19.1 Å². The van der Waals surface area contributed by atoms with Crippen molar-refractivity contribution in [2.24, 2.45) is 5.92 Å². The summed E-state index contributed by atoms with van der Waals surface area (Å²) in [5.41, 5.74) is 1.94. The van der Waals surface area contributed by atoms with E-state index in [2.05, 4.69) is 12.2 Å². The van der Waals surface area contributed by atoms with Crippen LogP contribution in [0.15, 0.2) is 24.3 Å². The molecule has 0 aromatic heterocycles. The fourth-order valence-corrected chi connectivity index (χ4v) is 3.63. The van der Waals surface area contributed by atoms with Gasteiger partial charge in [0.2, 0.25) is 0 Å². The van der Waals surface area contributed by atoms with Gasteiger partial charge in [-0.25, -0.2) is 4.79 Å². The van der Waals surface area contributed by atoms with E-state index < -0.39 is 11.9 Å². The molecule has 1 aromatic rings. The molecule has 2 saturated heterocycles. The lowest BCUT2D eigenvalue weighted by Crippen LogP contribution is -2.40. The Morgan fingerprint density at radius 3 is 2.86 bits per heavy atom. The summed E-state index contributed by atoms with van der Waals surface area (Å²) in [6.45, 7) is 2.07. The molecule has 3 atom stereocenters. The van der Waals surface area contributed by atoms with Gasteiger partial charge in [-0.3, -0.25) is 4.79 Å². The monoisotopic (exact) mass is 288 g/mol. The summed E-state index contributed by atoms with van der Waals surface area (Å²) in [6.07, 6.45) is 3.21. The number of carbonyl (C=O) groups excluding carboxylic acids is 1. The number of carbonyl (C=O) groups is 2. The smallest absolute Gasteiger partial charge is 0.322 e. The second-order valence-electron chi connectivity index (χ2n) is 5.87. The van der Waals surface area contributed by atoms with Crippen molar-refractivity contribution in [2.45, 2.75) is 44.7 Å². The Balaban J connectivity index is 1.73. The number of amides is 2. The van der Waals surface area contributed by atoms with Crippen LogP contribution in [0.25, 0.3) is 0 Å². The van der Waals surface area contributed by atoms with Crippen LogP contribution in [0.4, 0.5) is 10.5 Å². The van der Waals surface area contributed by atoms with Gasteiger partial charge >= 0.3 is 12.0 Å². The zero-order chi connectivity index (χ0) is 15.0. The van der Waals surface area contributed by atoms with Crippen molar-refractivity contribution in [2.75, 3.05) is 5.32 Å². The van der Waals surface area contributed by atoms with Crippen molar-refractivity contribution < 1.29 is 14.7 Å². The molecule has 2 heterocycles. The second kappa shape index (κ2) is 5.39. The number of hydrogen-bond acceptors (Lipinski definition) is 2. The highest BCUT2D eigenvalue weighted by atomic mass is 16.4. The molecule has 0 radical (unpaired) electrons. The highest BCUT2D eigenvalue weighted by molar-refractivity contribution is 5.91. The van der Waals surface area contributed by atoms with Gasteiger partial charge in [0.25, 0.3) is 0 Å². The number of rotatable bonds is 3. The zero-order valence-corrected chi connectivity index (χ0v) is 12.1. The average molecular weight is 288 g/mol. The standard InChI is InChI=1S/C16H20N2O3/c1-2-10-4-3-5-11(8-10)17-16(21)18-12-6-7-14(18)13(9-12)15(19)20/h3-5,8,12-14H,2,6-7,9H2,1H3,(H,17,21)(H,19,20). The van der Waals surface area contributed by atoms with E-state index in [0.29, 0.717) is 6.42 Å². The van der Waals surface area contributed by atoms with Crippen LogP contribution < -0.4 is 5.32 Å². The first-order chi connectivity index (χ1) is 10.1. The van der Waals surface area contributed by atoms with Crippen LogP contribution >= 0.6 is 0 Å². The molecule has 2 amide bonds. The van der Waals surface area contributed by atoms with Gasteiger partial charge in [0.05, 0.1) is 5.92 Å². The fourth-order valence-electron chi connectivity index (χ4n) is 3.63. The number of urea groups is 1. The predicted octanol–water partition coefficient (Wildman–Crippen LogP) is 2.72. The molecule has 112 valence electrons. The van der Waals surface area contributed by atoms with Crippen LogP contribution in [0.1, 0.15) is 31.7 Å². The van der Waals surface area contributed by atoms with Crippen LogP contribution in [0.5, 0.6) is 0 Å². The number of carboxylic acid groups (broad SMARTS) is 1. The lowest BCUT2D eigenvalue weighted by Gasteiger charge is -2.23. The van der Waals surface area contributed by atoms with Crippen LogP contribution in [0, 0.1) is 5.92 Å². The minimum Gasteiger partial charge on any atom is -0.481 e. The first kappa shape index (κ1) is 13.9. The third-order valence-corrected chi connectivity index (χ3v) is 4.68. The van der Waals surface area contributed by atoms with Gasteiger partial charge in [0.1, 0.15) is 0 Å². The molecule has 2 fully saturated rings. The van der Waals surface area contributed by atoms with Crippen molar-refractivity contribution in [3.8, 4) is 0 Å². The van der Waals surface area contributed by atoms with E-state index in [1.165, 1.54) is 5.56 Å². The van der Waals surface area contributed by atoms with Gasteiger partial charge in [-0.2, -0.15) is 0 Å². The number of hydrogen-bond donors (Lipinski definition) is 2. The molecule has 2 bridgehead atoms. The quantitative estimate of drug-likeness (QED) is 0.898. The molecule has 5 heteroatoms. The Kier molecular flexibility index (Phi) is 3.57. The SMILES string of the molecule is CCc1cccc(NC(=O)N2C3CCC2C(C(=O)O)C3)c1. The summed E-state index contributed by atoms with van der Waals surface area (Å²) in [5.74, 6) is -1.19. The molecule has 5 nitrogen and oxygen atoms in total. The van der Waals surface area contributed by atoms with E-state index in [4.69, 9.17) is 0 Å². The number of nitrogens with zero attached hydrogens (tertiary/aromatic N) is 1. The topological polar surface area (TPSA) is 69.6 Å². The molecule has 1 aromatic carbocycles. The summed E-state index contributed by atoms with van der Waals surface area (Å²) in [4.78, 5) is 25.5. The van der Waals surface area contributed by atoms with E-state index in [0.717, 1.165) is 24.9 Å². The Hall–Kier alpha value is -2.04. The lowest BCUT2D eigenvalue weighted by molar-refractivity contribution is -0.142. The van der Waals surface area contributed by atoms with Crippen molar-refractivity contribution in [1.29, 1.82) is 0 Å². The minimum absolute atomic E-state index is 0.0745. The Labute approximate surface area is 123 Å². The molecular weight excluding hydrogens is 268 g/mol. The van der Waals surface area contributed by atoms with Crippen molar-refractivity contribution in [3.05, 3.63) is 29.8 Å². The molecule has 0 aliphatic carbocycles. The predicted molar refractivity (Wildman–Crippen MR) is 79.2 cm³/mol. The summed E-state index contributed by atoms with van der Waals surface area (Å²) < 4.78 is 0. The molecule has 3 unspecified atom stereocenters. The van der Waals surface area contributed by atoms with Crippen LogP contribution in [0.2, 0.25) is 0 Å². The van der Waals surface area contributed by atoms with Gasteiger partial charge in [0.15, 0.2) is 0 Å². The number of nitrogens with one attached hydrogen (secondary N) is 1. The van der Waals surface area contributed by atoms with E-state index >= 15 is 0 Å². The maximum Gasteiger partial charge on any atom is 0.322 e. The first-order valence-electron chi connectivity index (χ1n) is 7.51. The number of benzene rings is 1. The second-order valence-corrected chi connectivity index (χ2v) is 5.87. The molecular formula is C16H20N2O3. The molecule has 2 aliphatic rings. The molecule has 21 heavy (non-hydrogen) atoms. The molecule has 3 rings (SSSR count). The Bertz CT molecular complexity index is 572. The highest BCUT2D eigenvalue weighted by Gasteiger charge is 2.51. The summed E-state index contributed by atoms with van der Waals surface area (Å²) >= 11 is 0. The number of anilines is 1. The lowest BCUT2D eigenvalue weighted by atomic mass is 9.89. The van der Waals surface area contributed by atoms with Gasteiger partial charge in [-0.15, -0.1) is 0 Å². The number of aliphatic carboxylic acids is 1. The molecule has 2 N–H and O–H groups in total. The van der Waals surface area contributed by atoms with Gasteiger partial charge in [-0.05, 0) is 43.4 Å². The van der Waals surface area contributed by atoms with Crippen molar-refractivity contribution in [1.82, 2.24) is 4.90 Å². The normalized spacial score (nSPS) is 26.9. The fraction of sp³-hybridized carbons (Fsp3) is 0.500. The first-order valence-corrected chi connectivity index (χ1v) is 7.51. The summed E-state index contributed by atoms with van der Waals surface area (Å²) in [6, 6.07) is 7.53. The van der Waals surface area contributed by atoms with Crippen LogP contribution in [-0.4, -0.2) is 34.1 Å². The van der Waals surface area contributed by atoms with Crippen LogP contribution in [-0.2, 0) is 11.2 Å². The molecule has 0 spiro atoms. The summed E-state index contributed by atoms with van der Waals surface area (Å²) in [7, 11) is 0. The van der Waals surface area contributed by atoms with Gasteiger partial charge < -0.3 is 15.3 Å². The summed E-state index contributed by atoms with van der Waals surface area (Å²) in [5, 5.41) is 12.1. The third-order valence-electron chi connectivity index (χ3n) is 4.68. The molecule has 0 saturated carbocycles. The number of fused-ring (bicyclic) bond motifs is 2. The van der Waals surface area contributed by atoms with Crippen molar-refractivity contribution >= 4 is 17.7 Å². The van der Waals surface area contributed by atoms with E-state index in [1.807, 2.05) is 24.3 Å². The third kappa shape index (κ3) is 2.48. The Morgan fingerprint density at radius 1 is 1.38 bits per heavy atom. The highest BCUT2D eigenvalue weighted by Crippen LogP contribution is 2.42. The Morgan fingerprint density at radius 2 is 2.19 bits per heavy atom.